The molecular weight excluding hydrogens is 524 g/mol. The Kier molecular flexibility index (Phi) is 8.50. The van der Waals surface area contributed by atoms with Crippen molar-refractivity contribution in [1.82, 2.24) is 4.57 Å². The van der Waals surface area contributed by atoms with Crippen molar-refractivity contribution in [3.05, 3.63) is 84.5 Å². The van der Waals surface area contributed by atoms with Gasteiger partial charge in [-0.15, -0.1) is 0 Å². The molecule has 11 heteroatoms. The molecule has 1 aliphatic rings. The Labute approximate surface area is 228 Å². The Morgan fingerprint density at radius 1 is 1.08 bits per heavy atom. The van der Waals surface area contributed by atoms with Gasteiger partial charge in [0.05, 0.1) is 36.1 Å². The van der Waals surface area contributed by atoms with Crippen molar-refractivity contribution in [3.63, 3.8) is 0 Å². The quantitative estimate of drug-likeness (QED) is 0.381. The molecule has 2 aromatic carbocycles. The first kappa shape index (κ1) is 27.6. The minimum Gasteiger partial charge on any atom is -0.494 e. The maximum absolute atomic E-state index is 13.8. The minimum atomic E-state index is -1.11. The molecule has 2 heterocycles. The number of nitrogens with zero attached hydrogens (tertiary/aromatic N) is 2. The molecule has 0 spiro atoms. The van der Waals surface area contributed by atoms with E-state index in [0.717, 1.165) is 0 Å². The molecule has 3 aromatic rings. The van der Waals surface area contributed by atoms with Gasteiger partial charge in [-0.1, -0.05) is 35.6 Å². The number of benzene rings is 2. The van der Waals surface area contributed by atoms with Gasteiger partial charge in [-0.3, -0.25) is 9.36 Å². The average molecular weight is 553 g/mol. The number of allylic oxidation sites excluding steroid dienone is 1. The van der Waals surface area contributed by atoms with E-state index in [1.165, 1.54) is 23.0 Å². The van der Waals surface area contributed by atoms with E-state index in [-0.39, 0.29) is 23.5 Å². The number of carbonyl (C=O) groups is 2. The number of esters is 1. The lowest BCUT2D eigenvalue weighted by Crippen LogP contribution is -2.40. The highest BCUT2D eigenvalue weighted by atomic mass is 32.1. The van der Waals surface area contributed by atoms with Crippen molar-refractivity contribution >= 4 is 29.4 Å². The molecule has 1 aromatic heterocycles. The smallest absolute Gasteiger partial charge is 0.341 e. The molecule has 10 nitrogen and oxygen atoms in total. The van der Waals surface area contributed by atoms with Gasteiger partial charge < -0.3 is 24.1 Å². The molecule has 0 amide bonds. The monoisotopic (exact) mass is 552 g/mol. The van der Waals surface area contributed by atoms with E-state index in [1.807, 2.05) is 25.1 Å². The van der Waals surface area contributed by atoms with Crippen LogP contribution < -0.4 is 29.1 Å². The molecule has 204 valence electrons. The Morgan fingerprint density at radius 3 is 2.54 bits per heavy atom. The van der Waals surface area contributed by atoms with Crippen molar-refractivity contribution in [3.8, 4) is 17.2 Å². The van der Waals surface area contributed by atoms with Gasteiger partial charge in [-0.25, -0.2) is 14.6 Å². The number of carboxylic acid groups (broad SMARTS) is 1. The van der Waals surface area contributed by atoms with E-state index in [4.69, 9.17) is 24.1 Å². The Balaban J connectivity index is 1.88. The van der Waals surface area contributed by atoms with Gasteiger partial charge in [-0.2, -0.15) is 0 Å². The van der Waals surface area contributed by atoms with E-state index in [1.54, 1.807) is 44.2 Å². The SMILES string of the molecule is CCOC(=O)C1=C(C)N=c2s/c(=C\c3ccc(OCC(=O)O)c(OC)c3)c(=O)n2[C@H]1c1ccccc1OCC. The number of aromatic nitrogens is 1. The number of thiazole rings is 1. The van der Waals surface area contributed by atoms with E-state index < -0.39 is 24.6 Å². The maximum Gasteiger partial charge on any atom is 0.341 e. The minimum absolute atomic E-state index is 0.174. The number of carbonyl (C=O) groups excluding carboxylic acids is 1. The molecule has 1 N–H and O–H groups in total. The summed E-state index contributed by atoms with van der Waals surface area (Å²) in [5.41, 5.74) is 1.66. The first-order chi connectivity index (χ1) is 18.8. The fraction of sp³-hybridized carbons (Fsp3) is 0.286. The molecule has 0 saturated carbocycles. The summed E-state index contributed by atoms with van der Waals surface area (Å²) in [7, 11) is 1.44. The zero-order chi connectivity index (χ0) is 28.1. The topological polar surface area (TPSA) is 126 Å². The third kappa shape index (κ3) is 5.73. The Bertz CT molecular complexity index is 1620. The normalized spacial score (nSPS) is 14.9. The first-order valence-corrected chi connectivity index (χ1v) is 13.0. The fourth-order valence-corrected chi connectivity index (χ4v) is 5.31. The number of ether oxygens (including phenoxy) is 4. The summed E-state index contributed by atoms with van der Waals surface area (Å²) in [6.07, 6.45) is 1.68. The van der Waals surface area contributed by atoms with Gasteiger partial charge in [0.2, 0.25) is 0 Å². The molecule has 39 heavy (non-hydrogen) atoms. The second-order valence-electron chi connectivity index (χ2n) is 8.37. The lowest BCUT2D eigenvalue weighted by atomic mass is 9.95. The molecule has 0 unspecified atom stereocenters. The average Bonchev–Trinajstić information content (AvgIpc) is 3.21. The number of hydrogen-bond acceptors (Lipinski definition) is 9. The third-order valence-corrected chi connectivity index (χ3v) is 6.85. The van der Waals surface area contributed by atoms with Gasteiger partial charge in [0, 0.05) is 5.56 Å². The van der Waals surface area contributed by atoms with Crippen LogP contribution in [0.15, 0.2) is 63.5 Å². The zero-order valence-corrected chi connectivity index (χ0v) is 22.7. The maximum atomic E-state index is 13.8. The number of carboxylic acids is 1. The Hall–Kier alpha value is -4.38. The number of hydrogen-bond donors (Lipinski definition) is 1. The van der Waals surface area contributed by atoms with E-state index >= 15 is 0 Å². The molecule has 0 radical (unpaired) electrons. The molecule has 0 saturated heterocycles. The van der Waals surface area contributed by atoms with E-state index in [2.05, 4.69) is 4.99 Å². The summed E-state index contributed by atoms with van der Waals surface area (Å²) in [5, 5.41) is 8.89. The third-order valence-electron chi connectivity index (χ3n) is 5.87. The van der Waals surface area contributed by atoms with Gasteiger partial charge in [0.1, 0.15) is 11.8 Å². The Morgan fingerprint density at radius 2 is 1.85 bits per heavy atom. The highest BCUT2D eigenvalue weighted by Crippen LogP contribution is 2.36. The van der Waals surface area contributed by atoms with Crippen molar-refractivity contribution in [2.75, 3.05) is 26.9 Å². The molecule has 0 bridgehead atoms. The highest BCUT2D eigenvalue weighted by molar-refractivity contribution is 7.07. The van der Waals surface area contributed by atoms with Crippen molar-refractivity contribution in [2.24, 2.45) is 4.99 Å². The molecular formula is C28H28N2O8S. The molecule has 1 aliphatic heterocycles. The summed E-state index contributed by atoms with van der Waals surface area (Å²) in [4.78, 5) is 42.9. The van der Waals surface area contributed by atoms with Gasteiger partial charge >= 0.3 is 11.9 Å². The number of para-hydroxylation sites is 1. The second kappa shape index (κ2) is 12.0. The zero-order valence-electron chi connectivity index (χ0n) is 21.9. The fourth-order valence-electron chi connectivity index (χ4n) is 4.26. The second-order valence-corrected chi connectivity index (χ2v) is 9.37. The molecule has 1 atom stereocenters. The van der Waals surface area contributed by atoms with Crippen molar-refractivity contribution in [1.29, 1.82) is 0 Å². The standard InChI is InChI=1S/C28H28N2O8S/c1-5-36-19-10-8-7-9-18(19)25-24(27(34)37-6-2)16(3)29-28-30(25)26(33)22(39-28)14-17-11-12-20(21(13-17)35-4)38-15-23(31)32/h7-14,25H,5-6,15H2,1-4H3,(H,31,32)/b22-14-/t25-/m0/s1. The lowest BCUT2D eigenvalue weighted by Gasteiger charge is -2.26. The van der Waals surface area contributed by atoms with Gasteiger partial charge in [-0.05, 0) is 50.6 Å². The van der Waals surface area contributed by atoms with E-state index in [9.17, 15) is 14.4 Å². The van der Waals surface area contributed by atoms with Crippen LogP contribution in [0.4, 0.5) is 0 Å². The lowest BCUT2D eigenvalue weighted by molar-refractivity contribution is -0.140. The van der Waals surface area contributed by atoms with Crippen LogP contribution in [0, 0.1) is 0 Å². The van der Waals surface area contributed by atoms with Crippen LogP contribution in [0.25, 0.3) is 6.08 Å². The summed E-state index contributed by atoms with van der Waals surface area (Å²) < 4.78 is 23.7. The predicted molar refractivity (Wildman–Crippen MR) is 144 cm³/mol. The van der Waals surface area contributed by atoms with Crippen LogP contribution in [0.2, 0.25) is 0 Å². The van der Waals surface area contributed by atoms with E-state index in [0.29, 0.717) is 44.3 Å². The van der Waals surface area contributed by atoms with Gasteiger partial charge in [0.25, 0.3) is 5.56 Å². The highest BCUT2D eigenvalue weighted by Gasteiger charge is 2.35. The molecule has 0 aliphatic carbocycles. The van der Waals surface area contributed by atoms with Crippen molar-refractivity contribution in [2.45, 2.75) is 26.8 Å². The van der Waals surface area contributed by atoms with Gasteiger partial charge in [0.15, 0.2) is 22.9 Å². The first-order valence-electron chi connectivity index (χ1n) is 12.2. The summed E-state index contributed by atoms with van der Waals surface area (Å²) >= 11 is 1.19. The number of fused-ring (bicyclic) bond motifs is 1. The van der Waals surface area contributed by atoms with Crippen LogP contribution in [-0.4, -0.2) is 48.5 Å². The molecule has 0 fully saturated rings. The number of rotatable bonds is 10. The summed E-state index contributed by atoms with van der Waals surface area (Å²) in [6.45, 7) is 5.37. The van der Waals surface area contributed by atoms with Crippen LogP contribution in [0.5, 0.6) is 17.2 Å². The predicted octanol–water partition coefficient (Wildman–Crippen LogP) is 2.67. The van der Waals surface area contributed by atoms with Crippen LogP contribution in [-0.2, 0) is 14.3 Å². The van der Waals surface area contributed by atoms with Crippen LogP contribution >= 0.6 is 11.3 Å². The summed E-state index contributed by atoms with van der Waals surface area (Å²) in [6, 6.07) is 11.4. The number of aliphatic carboxylic acids is 1. The van der Waals surface area contributed by atoms with Crippen LogP contribution in [0.1, 0.15) is 37.9 Å². The van der Waals surface area contributed by atoms with Crippen molar-refractivity contribution < 1.29 is 33.6 Å². The largest absolute Gasteiger partial charge is 0.494 e. The number of methoxy groups -OCH3 is 1. The van der Waals surface area contributed by atoms with Crippen LogP contribution in [0.3, 0.4) is 0 Å². The molecule has 4 rings (SSSR count). The summed E-state index contributed by atoms with van der Waals surface area (Å²) in [5.74, 6) is -0.522.